The number of hydrogen-bond donors (Lipinski definition) is 3. The first-order valence-electron chi connectivity index (χ1n) is 9.47. The summed E-state index contributed by atoms with van der Waals surface area (Å²) >= 11 is 1.55. The monoisotopic (exact) mass is 405 g/mol. The fourth-order valence-corrected chi connectivity index (χ4v) is 2.83. The number of thioether (sulfide) groups is 1. The maximum absolute atomic E-state index is 12.3. The molecule has 6 nitrogen and oxygen atoms in total. The fraction of sp³-hybridized carbons (Fsp3) is 0.476. The van der Waals surface area contributed by atoms with E-state index in [-0.39, 0.29) is 30.2 Å². The van der Waals surface area contributed by atoms with Crippen LogP contribution in [0.5, 0.6) is 0 Å². The highest BCUT2D eigenvalue weighted by Gasteiger charge is 2.21. The van der Waals surface area contributed by atoms with E-state index in [0.29, 0.717) is 25.8 Å². The standard InChI is InChI=1S/C21H31N3O3S/c1-16(2)14-18(21(27)22-12-7-13-28-3)24-20(26)15-23-19(25)11-10-17-8-5-4-6-9-17/h4-9,13,16,18H,10-12,14-15H2,1-3H3,(H,22,27)(H,23,25)(H,24,26)/b13-7+. The van der Waals surface area contributed by atoms with E-state index in [1.165, 1.54) is 0 Å². The van der Waals surface area contributed by atoms with E-state index in [2.05, 4.69) is 16.0 Å². The van der Waals surface area contributed by atoms with Gasteiger partial charge in [-0.05, 0) is 36.0 Å². The van der Waals surface area contributed by atoms with E-state index in [1.807, 2.05) is 61.9 Å². The molecule has 0 spiro atoms. The lowest BCUT2D eigenvalue weighted by Crippen LogP contribution is -2.50. The van der Waals surface area contributed by atoms with Gasteiger partial charge in [0, 0.05) is 13.0 Å². The lowest BCUT2D eigenvalue weighted by atomic mass is 10.0. The smallest absolute Gasteiger partial charge is 0.242 e. The average molecular weight is 406 g/mol. The minimum Gasteiger partial charge on any atom is -0.351 e. The predicted molar refractivity (Wildman–Crippen MR) is 115 cm³/mol. The number of benzene rings is 1. The molecule has 1 aromatic carbocycles. The van der Waals surface area contributed by atoms with Gasteiger partial charge < -0.3 is 16.0 Å². The van der Waals surface area contributed by atoms with E-state index in [1.54, 1.807) is 11.8 Å². The Labute approximate surface area is 171 Å². The lowest BCUT2D eigenvalue weighted by Gasteiger charge is -2.20. The van der Waals surface area contributed by atoms with Crippen LogP contribution in [0.2, 0.25) is 0 Å². The van der Waals surface area contributed by atoms with Gasteiger partial charge in [-0.2, -0.15) is 0 Å². The summed E-state index contributed by atoms with van der Waals surface area (Å²) in [6.45, 7) is 4.26. The summed E-state index contributed by atoms with van der Waals surface area (Å²) in [5, 5.41) is 10.0. The Balaban J connectivity index is 2.41. The van der Waals surface area contributed by atoms with Gasteiger partial charge in [-0.15, -0.1) is 11.8 Å². The van der Waals surface area contributed by atoms with Gasteiger partial charge in [-0.3, -0.25) is 14.4 Å². The zero-order valence-electron chi connectivity index (χ0n) is 16.9. The van der Waals surface area contributed by atoms with Gasteiger partial charge in [0.05, 0.1) is 6.54 Å². The van der Waals surface area contributed by atoms with Gasteiger partial charge in [0.1, 0.15) is 6.04 Å². The van der Waals surface area contributed by atoms with Gasteiger partial charge in [0.15, 0.2) is 0 Å². The molecular formula is C21H31N3O3S. The van der Waals surface area contributed by atoms with E-state index in [0.717, 1.165) is 5.56 Å². The van der Waals surface area contributed by atoms with Crippen molar-refractivity contribution in [1.82, 2.24) is 16.0 Å². The van der Waals surface area contributed by atoms with Gasteiger partial charge in [0.25, 0.3) is 0 Å². The molecule has 3 N–H and O–H groups in total. The third-order valence-corrected chi connectivity index (χ3v) is 4.38. The maximum Gasteiger partial charge on any atom is 0.242 e. The van der Waals surface area contributed by atoms with Gasteiger partial charge in [-0.25, -0.2) is 0 Å². The normalized spacial score (nSPS) is 12.0. The predicted octanol–water partition coefficient (Wildman–Crippen LogP) is 2.26. The molecule has 1 atom stereocenters. The largest absolute Gasteiger partial charge is 0.351 e. The molecule has 3 amide bonds. The summed E-state index contributed by atoms with van der Waals surface area (Å²) in [4.78, 5) is 36.4. The fourth-order valence-electron chi connectivity index (χ4n) is 2.55. The Morgan fingerprint density at radius 3 is 2.43 bits per heavy atom. The lowest BCUT2D eigenvalue weighted by molar-refractivity contribution is -0.130. The van der Waals surface area contributed by atoms with Crippen LogP contribution in [-0.2, 0) is 20.8 Å². The highest BCUT2D eigenvalue weighted by atomic mass is 32.2. The highest BCUT2D eigenvalue weighted by Crippen LogP contribution is 2.05. The molecule has 0 saturated carbocycles. The first-order chi connectivity index (χ1) is 13.4. The number of aryl methyl sites for hydroxylation is 1. The second kappa shape index (κ2) is 13.8. The molecule has 0 radical (unpaired) electrons. The summed E-state index contributed by atoms with van der Waals surface area (Å²) in [7, 11) is 0. The first kappa shape index (κ1) is 23.8. The Morgan fingerprint density at radius 1 is 1.07 bits per heavy atom. The van der Waals surface area contributed by atoms with Crippen LogP contribution in [0.25, 0.3) is 0 Å². The molecule has 0 aliphatic rings. The van der Waals surface area contributed by atoms with Crippen molar-refractivity contribution < 1.29 is 14.4 Å². The average Bonchev–Trinajstić information content (AvgIpc) is 2.68. The zero-order chi connectivity index (χ0) is 20.8. The summed E-state index contributed by atoms with van der Waals surface area (Å²) in [5.41, 5.74) is 1.08. The molecule has 0 aromatic heterocycles. The van der Waals surface area contributed by atoms with Crippen LogP contribution in [0.1, 0.15) is 32.3 Å². The molecule has 0 fully saturated rings. The summed E-state index contributed by atoms with van der Waals surface area (Å²) in [5.74, 6) is -0.527. The van der Waals surface area contributed by atoms with Crippen LogP contribution in [-0.4, -0.2) is 43.1 Å². The molecular weight excluding hydrogens is 374 g/mol. The zero-order valence-corrected chi connectivity index (χ0v) is 17.7. The van der Waals surface area contributed by atoms with Crippen molar-refractivity contribution in [3.8, 4) is 0 Å². The third-order valence-electron chi connectivity index (χ3n) is 3.91. The third kappa shape index (κ3) is 10.8. The molecule has 0 aliphatic heterocycles. The van der Waals surface area contributed by atoms with Gasteiger partial charge in [-0.1, -0.05) is 50.3 Å². The van der Waals surface area contributed by atoms with Gasteiger partial charge in [0.2, 0.25) is 17.7 Å². The molecule has 0 aliphatic carbocycles. The second-order valence-corrected chi connectivity index (χ2v) is 7.61. The van der Waals surface area contributed by atoms with Crippen LogP contribution in [0.15, 0.2) is 41.8 Å². The van der Waals surface area contributed by atoms with E-state index in [9.17, 15) is 14.4 Å². The summed E-state index contributed by atoms with van der Waals surface area (Å²) in [6, 6.07) is 9.09. The second-order valence-electron chi connectivity index (χ2n) is 6.86. The topological polar surface area (TPSA) is 87.3 Å². The van der Waals surface area contributed by atoms with Crippen molar-refractivity contribution >= 4 is 29.5 Å². The Morgan fingerprint density at radius 2 is 1.79 bits per heavy atom. The van der Waals surface area contributed by atoms with E-state index < -0.39 is 6.04 Å². The molecule has 0 bridgehead atoms. The van der Waals surface area contributed by atoms with Crippen molar-refractivity contribution in [2.24, 2.45) is 5.92 Å². The molecule has 1 rings (SSSR count). The van der Waals surface area contributed by atoms with Crippen molar-refractivity contribution in [2.75, 3.05) is 19.3 Å². The minimum atomic E-state index is -0.614. The number of hydrogen-bond acceptors (Lipinski definition) is 4. The van der Waals surface area contributed by atoms with E-state index in [4.69, 9.17) is 0 Å². The minimum absolute atomic E-state index is 0.137. The molecule has 1 aromatic rings. The Kier molecular flexibility index (Phi) is 11.7. The number of rotatable bonds is 12. The first-order valence-corrected chi connectivity index (χ1v) is 10.8. The Hall–Kier alpha value is -2.28. The van der Waals surface area contributed by atoms with Crippen LogP contribution in [0.4, 0.5) is 0 Å². The maximum atomic E-state index is 12.3. The van der Waals surface area contributed by atoms with Crippen molar-refractivity contribution in [1.29, 1.82) is 0 Å². The molecule has 0 heterocycles. The molecule has 0 saturated heterocycles. The van der Waals surface area contributed by atoms with Crippen LogP contribution < -0.4 is 16.0 Å². The molecule has 28 heavy (non-hydrogen) atoms. The number of nitrogens with one attached hydrogen (secondary N) is 3. The van der Waals surface area contributed by atoms with E-state index >= 15 is 0 Å². The quantitative estimate of drug-likeness (QED) is 0.498. The highest BCUT2D eigenvalue weighted by molar-refractivity contribution is 8.01. The molecule has 1 unspecified atom stereocenters. The number of carbonyl (C=O) groups excluding carboxylic acids is 3. The van der Waals surface area contributed by atoms with Crippen LogP contribution in [0.3, 0.4) is 0 Å². The van der Waals surface area contributed by atoms with Crippen LogP contribution in [0, 0.1) is 5.92 Å². The number of carbonyl (C=O) groups is 3. The molecule has 7 heteroatoms. The van der Waals surface area contributed by atoms with Crippen molar-refractivity contribution in [3.63, 3.8) is 0 Å². The summed E-state index contributed by atoms with van der Waals surface area (Å²) in [6.07, 6.45) is 5.26. The van der Waals surface area contributed by atoms with Gasteiger partial charge >= 0.3 is 0 Å². The summed E-state index contributed by atoms with van der Waals surface area (Å²) < 4.78 is 0. The van der Waals surface area contributed by atoms with Crippen molar-refractivity contribution in [2.45, 2.75) is 39.2 Å². The van der Waals surface area contributed by atoms with Crippen molar-refractivity contribution in [3.05, 3.63) is 47.4 Å². The Bertz CT molecular complexity index is 648. The molecule has 154 valence electrons. The van der Waals surface area contributed by atoms with Crippen LogP contribution >= 0.6 is 11.8 Å². The number of amides is 3. The SMILES string of the molecule is CS/C=C/CNC(=O)C(CC(C)C)NC(=O)CNC(=O)CCc1ccccc1.